The van der Waals surface area contributed by atoms with Crippen molar-refractivity contribution < 1.29 is 0 Å². The summed E-state index contributed by atoms with van der Waals surface area (Å²) in [5, 5.41) is 3.46. The first-order chi connectivity index (χ1) is 8.40. The first-order valence-electron chi connectivity index (χ1n) is 6.25. The Kier molecular flexibility index (Phi) is 1.91. The topological polar surface area (TPSA) is 29.3 Å². The van der Waals surface area contributed by atoms with Crippen LogP contribution in [0.5, 0.6) is 0 Å². The second kappa shape index (κ2) is 3.44. The molecule has 2 unspecified atom stereocenters. The highest BCUT2D eigenvalue weighted by Crippen LogP contribution is 2.38. The van der Waals surface area contributed by atoms with E-state index in [4.69, 9.17) is 0 Å². The van der Waals surface area contributed by atoms with Crippen molar-refractivity contribution >= 4 is 11.2 Å². The average molecular weight is 225 g/mol. The fourth-order valence-electron chi connectivity index (χ4n) is 3.10. The largest absolute Gasteiger partial charge is 0.316 e. The van der Waals surface area contributed by atoms with Crippen LogP contribution in [0.3, 0.4) is 0 Å². The van der Waals surface area contributed by atoms with Crippen molar-refractivity contribution in [2.45, 2.75) is 6.42 Å². The van der Waals surface area contributed by atoms with Gasteiger partial charge in [0.05, 0.1) is 0 Å². The normalized spacial score (nSPS) is 27.4. The van der Waals surface area contributed by atoms with Crippen molar-refractivity contribution in [1.29, 1.82) is 0 Å². The van der Waals surface area contributed by atoms with Crippen LogP contribution in [-0.4, -0.2) is 22.5 Å². The summed E-state index contributed by atoms with van der Waals surface area (Å²) in [5.74, 6) is 1.58. The fourth-order valence-corrected chi connectivity index (χ4v) is 3.10. The summed E-state index contributed by atoms with van der Waals surface area (Å²) in [6, 6.07) is 4.30. The van der Waals surface area contributed by atoms with Crippen molar-refractivity contribution in [1.82, 2.24) is 14.7 Å². The van der Waals surface area contributed by atoms with Gasteiger partial charge in [-0.25, -0.2) is 4.98 Å². The van der Waals surface area contributed by atoms with Crippen molar-refractivity contribution in [3.8, 4) is 0 Å². The molecule has 0 radical (unpaired) electrons. The first-order valence-corrected chi connectivity index (χ1v) is 6.25. The molecule has 0 saturated carbocycles. The Hall–Kier alpha value is -1.61. The molecule has 0 spiro atoms. The predicted molar refractivity (Wildman–Crippen MR) is 67.6 cm³/mol. The molecule has 2 aromatic heterocycles. The van der Waals surface area contributed by atoms with Crippen molar-refractivity contribution in [2.24, 2.45) is 11.8 Å². The molecule has 17 heavy (non-hydrogen) atoms. The zero-order valence-corrected chi connectivity index (χ0v) is 9.63. The van der Waals surface area contributed by atoms with Crippen LogP contribution in [0.25, 0.3) is 11.2 Å². The van der Waals surface area contributed by atoms with Gasteiger partial charge in [0.2, 0.25) is 0 Å². The molecule has 1 N–H and O–H groups in total. The van der Waals surface area contributed by atoms with Gasteiger partial charge in [0.1, 0.15) is 5.65 Å². The van der Waals surface area contributed by atoms with Gasteiger partial charge in [0.25, 0.3) is 0 Å². The van der Waals surface area contributed by atoms with Gasteiger partial charge in [-0.05, 0) is 48.1 Å². The quantitative estimate of drug-likeness (QED) is 0.804. The number of aromatic nitrogens is 2. The molecule has 2 aromatic rings. The van der Waals surface area contributed by atoms with E-state index in [0.29, 0.717) is 0 Å². The van der Waals surface area contributed by atoms with E-state index in [0.717, 1.165) is 24.0 Å². The van der Waals surface area contributed by atoms with Gasteiger partial charge >= 0.3 is 0 Å². The molecule has 86 valence electrons. The Morgan fingerprint density at radius 3 is 3.24 bits per heavy atom. The molecular formula is C14H15N3. The minimum atomic E-state index is 0.753. The van der Waals surface area contributed by atoms with Crippen LogP contribution in [-0.2, 0) is 0 Å². The molecule has 1 fully saturated rings. The predicted octanol–water partition coefficient (Wildman–Crippen LogP) is 1.96. The average Bonchev–Trinajstić information content (AvgIpc) is 3.02. The lowest BCUT2D eigenvalue weighted by Gasteiger charge is -2.07. The number of nitrogens with zero attached hydrogens (tertiary/aromatic N) is 2. The number of rotatable bonds is 1. The molecule has 3 heteroatoms. The van der Waals surface area contributed by atoms with Crippen LogP contribution < -0.4 is 5.32 Å². The molecule has 0 bridgehead atoms. The minimum absolute atomic E-state index is 0.753. The Morgan fingerprint density at radius 1 is 1.29 bits per heavy atom. The first kappa shape index (κ1) is 9.42. The third kappa shape index (κ3) is 1.42. The van der Waals surface area contributed by atoms with E-state index < -0.39 is 0 Å². The lowest BCUT2D eigenvalue weighted by molar-refractivity contribution is 0.536. The van der Waals surface area contributed by atoms with Crippen LogP contribution in [0.1, 0.15) is 12.0 Å². The van der Waals surface area contributed by atoms with Gasteiger partial charge in [-0.2, -0.15) is 0 Å². The molecule has 2 aliphatic rings. The summed E-state index contributed by atoms with van der Waals surface area (Å²) < 4.78 is 2.10. The van der Waals surface area contributed by atoms with Crippen LogP contribution in [0.4, 0.5) is 0 Å². The second-order valence-corrected chi connectivity index (χ2v) is 5.09. The third-order valence-electron chi connectivity index (χ3n) is 4.05. The van der Waals surface area contributed by atoms with Gasteiger partial charge in [0, 0.05) is 25.1 Å². The van der Waals surface area contributed by atoms with Gasteiger partial charge in [-0.1, -0.05) is 6.08 Å². The van der Waals surface area contributed by atoms with Crippen LogP contribution >= 0.6 is 0 Å². The van der Waals surface area contributed by atoms with E-state index in [-0.39, 0.29) is 0 Å². The Labute approximate surface area is 100 Å². The zero-order chi connectivity index (χ0) is 11.2. The maximum absolute atomic E-state index is 4.28. The van der Waals surface area contributed by atoms with E-state index in [9.17, 15) is 0 Å². The van der Waals surface area contributed by atoms with E-state index in [2.05, 4.69) is 39.1 Å². The van der Waals surface area contributed by atoms with E-state index in [1.165, 1.54) is 24.1 Å². The van der Waals surface area contributed by atoms with E-state index in [1.54, 1.807) is 0 Å². The van der Waals surface area contributed by atoms with E-state index >= 15 is 0 Å². The molecule has 0 aromatic carbocycles. The molecule has 1 saturated heterocycles. The molecule has 4 rings (SSSR count). The molecule has 0 amide bonds. The minimum Gasteiger partial charge on any atom is -0.316 e. The van der Waals surface area contributed by atoms with Crippen LogP contribution in [0, 0.1) is 11.8 Å². The molecule has 1 aliphatic heterocycles. The number of imidazole rings is 1. The van der Waals surface area contributed by atoms with E-state index in [1.807, 2.05) is 12.4 Å². The van der Waals surface area contributed by atoms with Crippen LogP contribution in [0.15, 0.2) is 36.8 Å². The monoisotopic (exact) mass is 225 g/mol. The highest BCUT2D eigenvalue weighted by Gasteiger charge is 2.31. The fraction of sp³-hybridized carbons (Fsp3) is 0.357. The zero-order valence-electron chi connectivity index (χ0n) is 9.63. The molecule has 1 aliphatic carbocycles. The van der Waals surface area contributed by atoms with Gasteiger partial charge in [-0.15, -0.1) is 0 Å². The Bertz CT molecular complexity index is 596. The second-order valence-electron chi connectivity index (χ2n) is 5.09. The molecular weight excluding hydrogens is 210 g/mol. The smallest absolute Gasteiger partial charge is 0.136 e. The highest BCUT2D eigenvalue weighted by molar-refractivity contribution is 5.69. The summed E-state index contributed by atoms with van der Waals surface area (Å²) >= 11 is 0. The number of fused-ring (bicyclic) bond motifs is 2. The molecule has 2 atom stereocenters. The van der Waals surface area contributed by atoms with Crippen LogP contribution in [0.2, 0.25) is 0 Å². The summed E-state index contributed by atoms with van der Waals surface area (Å²) in [5.41, 5.74) is 3.89. The lowest BCUT2D eigenvalue weighted by Crippen LogP contribution is -2.09. The SMILES string of the molecule is C1=C(c2ccc3nccn3c2)CC2CNCC12. The summed E-state index contributed by atoms with van der Waals surface area (Å²) in [7, 11) is 0. The molecule has 3 heterocycles. The lowest BCUT2D eigenvalue weighted by atomic mass is 9.99. The van der Waals surface area contributed by atoms with Crippen molar-refractivity contribution in [3.05, 3.63) is 42.4 Å². The van der Waals surface area contributed by atoms with Gasteiger partial charge in [-0.3, -0.25) is 0 Å². The summed E-state index contributed by atoms with van der Waals surface area (Å²) in [6.07, 6.45) is 9.74. The molecule has 3 nitrogen and oxygen atoms in total. The summed E-state index contributed by atoms with van der Waals surface area (Å²) in [4.78, 5) is 4.28. The van der Waals surface area contributed by atoms with Gasteiger partial charge < -0.3 is 9.72 Å². The Balaban J connectivity index is 1.74. The standard InChI is InChI=1S/C14H15N3/c1-2-14-16-3-4-17(14)9-10(1)11-5-12-7-15-8-13(12)6-11/h1-5,9,12-13,15H,6-8H2. The maximum atomic E-state index is 4.28. The van der Waals surface area contributed by atoms with Crippen molar-refractivity contribution in [2.75, 3.05) is 13.1 Å². The number of nitrogens with one attached hydrogen (secondary N) is 1. The highest BCUT2D eigenvalue weighted by atomic mass is 15.0. The number of hydrogen-bond donors (Lipinski definition) is 1. The van der Waals surface area contributed by atoms with Crippen molar-refractivity contribution in [3.63, 3.8) is 0 Å². The number of pyridine rings is 1. The van der Waals surface area contributed by atoms with Gasteiger partial charge in [0.15, 0.2) is 0 Å². The maximum Gasteiger partial charge on any atom is 0.136 e. The number of hydrogen-bond acceptors (Lipinski definition) is 2. The third-order valence-corrected chi connectivity index (χ3v) is 4.05. The number of allylic oxidation sites excluding steroid dienone is 1. The summed E-state index contributed by atoms with van der Waals surface area (Å²) in [6.45, 7) is 2.33. The Morgan fingerprint density at radius 2 is 2.29 bits per heavy atom.